The lowest BCUT2D eigenvalue weighted by atomic mass is 10.1. The van der Waals surface area contributed by atoms with Gasteiger partial charge in [0, 0.05) is 10.7 Å². The number of carboxylic acids is 1. The smallest absolute Gasteiger partial charge is 0.337 e. The van der Waals surface area contributed by atoms with Crippen LogP contribution in [0.15, 0.2) is 18.2 Å². The number of aromatic nitrogens is 2. The van der Waals surface area contributed by atoms with Crippen molar-refractivity contribution in [1.29, 1.82) is 0 Å². The minimum atomic E-state index is -0.994. The molecule has 18 heavy (non-hydrogen) atoms. The van der Waals surface area contributed by atoms with Crippen molar-refractivity contribution in [1.82, 2.24) is 9.78 Å². The fourth-order valence-corrected chi connectivity index (χ4v) is 1.98. The first-order chi connectivity index (χ1) is 8.41. The van der Waals surface area contributed by atoms with Crippen molar-refractivity contribution in [3.8, 4) is 5.69 Å². The van der Waals surface area contributed by atoms with Crippen LogP contribution in [0.25, 0.3) is 5.69 Å². The van der Waals surface area contributed by atoms with Crippen LogP contribution in [0.2, 0.25) is 5.02 Å². The molecule has 0 aliphatic heterocycles. The molecule has 94 valence electrons. The summed E-state index contributed by atoms with van der Waals surface area (Å²) in [5.41, 5.74) is 3.51. The zero-order valence-corrected chi connectivity index (χ0v) is 11.1. The second kappa shape index (κ2) is 4.46. The molecule has 1 heterocycles. The van der Waals surface area contributed by atoms with Gasteiger partial charge in [0.1, 0.15) is 0 Å². The fraction of sp³-hybridized carbons (Fsp3) is 0.231. The third-order valence-corrected chi connectivity index (χ3v) is 3.31. The number of carbonyl (C=O) groups is 1. The summed E-state index contributed by atoms with van der Waals surface area (Å²) in [6.07, 6.45) is 0. The van der Waals surface area contributed by atoms with Gasteiger partial charge in [-0.2, -0.15) is 5.10 Å². The number of hydrogen-bond acceptors (Lipinski definition) is 2. The van der Waals surface area contributed by atoms with E-state index >= 15 is 0 Å². The lowest BCUT2D eigenvalue weighted by Gasteiger charge is -2.09. The van der Waals surface area contributed by atoms with E-state index in [1.54, 1.807) is 16.8 Å². The maximum absolute atomic E-state index is 11.2. The van der Waals surface area contributed by atoms with Gasteiger partial charge in [0.25, 0.3) is 0 Å². The highest BCUT2D eigenvalue weighted by Crippen LogP contribution is 2.23. The number of benzene rings is 1. The van der Waals surface area contributed by atoms with Gasteiger partial charge >= 0.3 is 5.97 Å². The SMILES string of the molecule is Cc1nn(-c2cc(Cl)ccc2C(=O)O)c(C)c1C. The van der Waals surface area contributed by atoms with Crippen molar-refractivity contribution >= 4 is 17.6 Å². The molecule has 1 aromatic heterocycles. The summed E-state index contributed by atoms with van der Waals surface area (Å²) < 4.78 is 1.62. The van der Waals surface area contributed by atoms with Gasteiger partial charge in [-0.1, -0.05) is 11.6 Å². The molecule has 0 amide bonds. The first-order valence-electron chi connectivity index (χ1n) is 5.48. The Hall–Kier alpha value is -1.81. The van der Waals surface area contributed by atoms with Crippen LogP contribution in [-0.2, 0) is 0 Å². The molecular weight excluding hydrogens is 252 g/mol. The highest BCUT2D eigenvalue weighted by molar-refractivity contribution is 6.30. The summed E-state index contributed by atoms with van der Waals surface area (Å²) >= 11 is 5.94. The van der Waals surface area contributed by atoms with Gasteiger partial charge < -0.3 is 5.11 Å². The van der Waals surface area contributed by atoms with E-state index in [4.69, 9.17) is 11.6 Å². The molecule has 0 aliphatic carbocycles. The van der Waals surface area contributed by atoms with Gasteiger partial charge in [-0.3, -0.25) is 0 Å². The molecule has 0 saturated carbocycles. The van der Waals surface area contributed by atoms with Gasteiger partial charge in [0.05, 0.1) is 16.9 Å². The number of hydrogen-bond donors (Lipinski definition) is 1. The zero-order valence-electron chi connectivity index (χ0n) is 10.4. The summed E-state index contributed by atoms with van der Waals surface area (Å²) in [7, 11) is 0. The van der Waals surface area contributed by atoms with E-state index < -0.39 is 5.97 Å². The average Bonchev–Trinajstić information content (AvgIpc) is 2.56. The molecule has 2 rings (SSSR count). The predicted octanol–water partition coefficient (Wildman–Crippen LogP) is 3.15. The van der Waals surface area contributed by atoms with Crippen molar-refractivity contribution in [3.63, 3.8) is 0 Å². The van der Waals surface area contributed by atoms with Gasteiger partial charge in [0.2, 0.25) is 0 Å². The summed E-state index contributed by atoms with van der Waals surface area (Å²) in [6.45, 7) is 5.75. The van der Waals surface area contributed by atoms with Crippen molar-refractivity contribution < 1.29 is 9.90 Å². The van der Waals surface area contributed by atoms with E-state index in [0.717, 1.165) is 17.0 Å². The standard InChI is InChI=1S/C13H13ClN2O2/c1-7-8(2)15-16(9(7)3)12-6-10(14)4-5-11(12)13(17)18/h4-6H,1-3H3,(H,17,18). The third kappa shape index (κ3) is 1.99. The monoisotopic (exact) mass is 264 g/mol. The van der Waals surface area contributed by atoms with Gasteiger partial charge in [-0.25, -0.2) is 9.48 Å². The summed E-state index contributed by atoms with van der Waals surface area (Å²) in [5.74, 6) is -0.994. The second-order valence-corrected chi connectivity index (χ2v) is 4.61. The zero-order chi connectivity index (χ0) is 13.4. The summed E-state index contributed by atoms with van der Waals surface area (Å²) in [5, 5.41) is 14.0. The van der Waals surface area contributed by atoms with Crippen LogP contribution < -0.4 is 0 Å². The third-order valence-electron chi connectivity index (χ3n) is 3.07. The van der Waals surface area contributed by atoms with Crippen LogP contribution in [0.1, 0.15) is 27.3 Å². The minimum Gasteiger partial charge on any atom is -0.478 e. The van der Waals surface area contributed by atoms with Crippen molar-refractivity contribution in [3.05, 3.63) is 45.7 Å². The van der Waals surface area contributed by atoms with Crippen LogP contribution >= 0.6 is 11.6 Å². The molecule has 0 saturated heterocycles. The van der Waals surface area contributed by atoms with Crippen LogP contribution in [0.4, 0.5) is 0 Å². The molecule has 0 aliphatic rings. The average molecular weight is 265 g/mol. The first-order valence-corrected chi connectivity index (χ1v) is 5.85. The Morgan fingerprint density at radius 1 is 1.33 bits per heavy atom. The lowest BCUT2D eigenvalue weighted by Crippen LogP contribution is -2.08. The van der Waals surface area contributed by atoms with Crippen LogP contribution in [0, 0.1) is 20.8 Å². The van der Waals surface area contributed by atoms with Crippen molar-refractivity contribution in [2.45, 2.75) is 20.8 Å². The van der Waals surface area contributed by atoms with Crippen LogP contribution in [0.5, 0.6) is 0 Å². The molecule has 0 fully saturated rings. The van der Waals surface area contributed by atoms with E-state index in [2.05, 4.69) is 5.10 Å². The van der Waals surface area contributed by atoms with E-state index in [-0.39, 0.29) is 5.56 Å². The Balaban J connectivity index is 2.73. The highest BCUT2D eigenvalue weighted by atomic mass is 35.5. The Labute approximate surface area is 110 Å². The second-order valence-electron chi connectivity index (χ2n) is 4.17. The predicted molar refractivity (Wildman–Crippen MR) is 69.7 cm³/mol. The molecule has 1 N–H and O–H groups in total. The lowest BCUT2D eigenvalue weighted by molar-refractivity contribution is 0.0696. The molecule has 4 nitrogen and oxygen atoms in total. The Bertz CT molecular complexity index is 632. The fourth-order valence-electron chi connectivity index (χ4n) is 1.82. The van der Waals surface area contributed by atoms with Crippen LogP contribution in [0.3, 0.4) is 0 Å². The van der Waals surface area contributed by atoms with Crippen molar-refractivity contribution in [2.24, 2.45) is 0 Å². The molecule has 0 spiro atoms. The largest absolute Gasteiger partial charge is 0.478 e. The van der Waals surface area contributed by atoms with Gasteiger partial charge in [0.15, 0.2) is 0 Å². The number of carboxylic acid groups (broad SMARTS) is 1. The molecule has 0 bridgehead atoms. The maximum atomic E-state index is 11.2. The maximum Gasteiger partial charge on any atom is 0.337 e. The molecule has 1 aromatic carbocycles. The number of aryl methyl sites for hydroxylation is 1. The molecule has 0 atom stereocenters. The summed E-state index contributed by atoms with van der Waals surface area (Å²) in [4.78, 5) is 11.2. The molecule has 0 radical (unpaired) electrons. The van der Waals surface area contributed by atoms with E-state index in [9.17, 15) is 9.90 Å². The first kappa shape index (κ1) is 12.6. The Kier molecular flexibility index (Phi) is 3.13. The number of aromatic carboxylic acids is 1. The topological polar surface area (TPSA) is 55.1 Å². The van der Waals surface area contributed by atoms with E-state index in [1.165, 1.54) is 6.07 Å². The van der Waals surface area contributed by atoms with E-state index in [1.807, 2.05) is 20.8 Å². The van der Waals surface area contributed by atoms with Crippen molar-refractivity contribution in [2.75, 3.05) is 0 Å². The number of nitrogens with zero attached hydrogens (tertiary/aromatic N) is 2. The Morgan fingerprint density at radius 3 is 2.50 bits per heavy atom. The number of rotatable bonds is 2. The van der Waals surface area contributed by atoms with Crippen LogP contribution in [-0.4, -0.2) is 20.9 Å². The molecule has 0 unspecified atom stereocenters. The van der Waals surface area contributed by atoms with E-state index in [0.29, 0.717) is 10.7 Å². The number of halogens is 1. The minimum absolute atomic E-state index is 0.185. The molecule has 2 aromatic rings. The Morgan fingerprint density at radius 2 is 2.00 bits per heavy atom. The molecular formula is C13H13ClN2O2. The normalized spacial score (nSPS) is 10.7. The quantitative estimate of drug-likeness (QED) is 0.907. The summed E-state index contributed by atoms with van der Waals surface area (Å²) in [6, 6.07) is 4.67. The highest BCUT2D eigenvalue weighted by Gasteiger charge is 2.16. The van der Waals surface area contributed by atoms with Gasteiger partial charge in [-0.15, -0.1) is 0 Å². The molecule has 5 heteroatoms. The van der Waals surface area contributed by atoms with Gasteiger partial charge in [-0.05, 0) is 44.5 Å².